The maximum absolute atomic E-state index is 10.9. The molecule has 4 nitrogen and oxygen atoms in total. The second-order valence-corrected chi connectivity index (χ2v) is 3.50. The molecule has 0 saturated carbocycles. The van der Waals surface area contributed by atoms with Crippen LogP contribution in [0.25, 0.3) is 0 Å². The van der Waals surface area contributed by atoms with E-state index in [1.807, 2.05) is 20.8 Å². The lowest BCUT2D eigenvalue weighted by Crippen LogP contribution is -2.35. The third-order valence-electron chi connectivity index (χ3n) is 1.08. The zero-order valence-electron chi connectivity index (χ0n) is 7.01. The van der Waals surface area contributed by atoms with E-state index in [2.05, 4.69) is 5.48 Å². The number of epoxide rings is 1. The molecule has 1 aliphatic rings. The monoisotopic (exact) mass is 159 g/mol. The van der Waals surface area contributed by atoms with Gasteiger partial charge in [-0.05, 0) is 20.8 Å². The molecule has 1 saturated heterocycles. The molecule has 1 aliphatic heterocycles. The van der Waals surface area contributed by atoms with Crippen molar-refractivity contribution in [1.82, 2.24) is 5.48 Å². The Hall–Kier alpha value is -0.610. The first kappa shape index (κ1) is 8.49. The average Bonchev–Trinajstić information content (AvgIpc) is 2.61. The number of hydroxylamine groups is 1. The summed E-state index contributed by atoms with van der Waals surface area (Å²) in [7, 11) is 0. The molecule has 0 aromatic carbocycles. The Balaban J connectivity index is 2.16. The molecule has 1 heterocycles. The molecule has 0 radical (unpaired) electrons. The van der Waals surface area contributed by atoms with Crippen LogP contribution >= 0.6 is 0 Å². The van der Waals surface area contributed by atoms with Gasteiger partial charge in [0.15, 0.2) is 6.10 Å². The maximum atomic E-state index is 10.9. The summed E-state index contributed by atoms with van der Waals surface area (Å²) in [5.41, 5.74) is 1.98. The van der Waals surface area contributed by atoms with Crippen LogP contribution in [0.15, 0.2) is 0 Å². The van der Waals surface area contributed by atoms with Crippen LogP contribution < -0.4 is 5.48 Å². The van der Waals surface area contributed by atoms with Crippen molar-refractivity contribution in [3.05, 3.63) is 0 Å². The Morgan fingerprint density at radius 1 is 1.64 bits per heavy atom. The van der Waals surface area contributed by atoms with Crippen LogP contribution in [0, 0.1) is 0 Å². The van der Waals surface area contributed by atoms with E-state index >= 15 is 0 Å². The van der Waals surface area contributed by atoms with E-state index in [0.29, 0.717) is 6.61 Å². The number of nitrogens with one attached hydrogen (secondary N) is 1. The van der Waals surface area contributed by atoms with Crippen LogP contribution in [0.2, 0.25) is 0 Å². The van der Waals surface area contributed by atoms with Gasteiger partial charge in [-0.1, -0.05) is 0 Å². The summed E-state index contributed by atoms with van der Waals surface area (Å²) in [5, 5.41) is 0. The Morgan fingerprint density at radius 3 is 2.55 bits per heavy atom. The molecule has 4 heteroatoms. The lowest BCUT2D eigenvalue weighted by molar-refractivity contribution is -0.146. The Labute approximate surface area is 65.8 Å². The maximum Gasteiger partial charge on any atom is 0.275 e. The number of amides is 1. The van der Waals surface area contributed by atoms with Crippen molar-refractivity contribution < 1.29 is 14.4 Å². The molecule has 1 amide bonds. The van der Waals surface area contributed by atoms with Gasteiger partial charge in [0.25, 0.3) is 5.91 Å². The number of hydrogen-bond donors (Lipinski definition) is 1. The quantitative estimate of drug-likeness (QED) is 0.463. The van der Waals surface area contributed by atoms with Gasteiger partial charge in [0, 0.05) is 0 Å². The van der Waals surface area contributed by atoms with E-state index in [1.165, 1.54) is 0 Å². The number of ether oxygens (including phenoxy) is 1. The third-order valence-corrected chi connectivity index (χ3v) is 1.08. The van der Waals surface area contributed by atoms with Gasteiger partial charge in [-0.3, -0.25) is 9.63 Å². The largest absolute Gasteiger partial charge is 0.363 e. The molecule has 1 N–H and O–H groups in total. The smallest absolute Gasteiger partial charge is 0.275 e. The summed E-state index contributed by atoms with van der Waals surface area (Å²) in [6.07, 6.45) is -0.280. The number of carbonyl (C=O) groups is 1. The third kappa shape index (κ3) is 3.34. The van der Waals surface area contributed by atoms with Crippen LogP contribution in [0.5, 0.6) is 0 Å². The summed E-state index contributed by atoms with van der Waals surface area (Å²) in [6, 6.07) is 0. The van der Waals surface area contributed by atoms with Gasteiger partial charge in [-0.15, -0.1) is 0 Å². The Bertz CT molecular complexity index is 158. The molecule has 1 atom stereocenters. The van der Waals surface area contributed by atoms with Crippen molar-refractivity contribution in [2.45, 2.75) is 32.5 Å². The Morgan fingerprint density at radius 2 is 2.18 bits per heavy atom. The molecule has 11 heavy (non-hydrogen) atoms. The lowest BCUT2D eigenvalue weighted by Gasteiger charge is -2.18. The van der Waals surface area contributed by atoms with Crippen molar-refractivity contribution in [2.75, 3.05) is 6.61 Å². The highest BCUT2D eigenvalue weighted by atomic mass is 16.7. The molecule has 64 valence electrons. The highest BCUT2D eigenvalue weighted by molar-refractivity contribution is 5.81. The minimum atomic E-state index is -0.343. The van der Waals surface area contributed by atoms with Crippen molar-refractivity contribution in [3.63, 3.8) is 0 Å². The summed E-state index contributed by atoms with van der Waals surface area (Å²) >= 11 is 0. The van der Waals surface area contributed by atoms with Crippen molar-refractivity contribution in [3.8, 4) is 0 Å². The number of rotatable bonds is 2. The van der Waals surface area contributed by atoms with Gasteiger partial charge >= 0.3 is 0 Å². The first-order chi connectivity index (χ1) is 4.99. The molecular formula is C7H13NO3. The first-order valence-corrected chi connectivity index (χ1v) is 3.58. The highest BCUT2D eigenvalue weighted by Gasteiger charge is 2.32. The average molecular weight is 159 g/mol. The van der Waals surface area contributed by atoms with Crippen LogP contribution in [0.1, 0.15) is 20.8 Å². The molecule has 0 aliphatic carbocycles. The zero-order valence-corrected chi connectivity index (χ0v) is 7.01. The van der Waals surface area contributed by atoms with Crippen molar-refractivity contribution in [2.24, 2.45) is 0 Å². The van der Waals surface area contributed by atoms with Crippen LogP contribution in [0.4, 0.5) is 0 Å². The van der Waals surface area contributed by atoms with E-state index < -0.39 is 0 Å². The summed E-state index contributed by atoms with van der Waals surface area (Å²) < 4.78 is 4.74. The fourth-order valence-electron chi connectivity index (χ4n) is 0.469. The molecular weight excluding hydrogens is 146 g/mol. The van der Waals surface area contributed by atoms with Gasteiger partial charge in [0.2, 0.25) is 0 Å². The number of hydrogen-bond acceptors (Lipinski definition) is 3. The van der Waals surface area contributed by atoms with Gasteiger partial charge < -0.3 is 4.74 Å². The Kier molecular flexibility index (Phi) is 2.15. The minimum Gasteiger partial charge on any atom is -0.363 e. The molecule has 1 rings (SSSR count). The first-order valence-electron chi connectivity index (χ1n) is 3.58. The van der Waals surface area contributed by atoms with Gasteiger partial charge in [-0.25, -0.2) is 5.48 Å². The zero-order chi connectivity index (χ0) is 8.48. The van der Waals surface area contributed by atoms with E-state index in [1.54, 1.807) is 0 Å². The fraction of sp³-hybridized carbons (Fsp3) is 0.857. The molecule has 0 spiro atoms. The van der Waals surface area contributed by atoms with Crippen molar-refractivity contribution >= 4 is 5.91 Å². The van der Waals surface area contributed by atoms with E-state index in [-0.39, 0.29) is 17.6 Å². The summed E-state index contributed by atoms with van der Waals surface area (Å²) in [4.78, 5) is 15.9. The second-order valence-electron chi connectivity index (χ2n) is 3.50. The van der Waals surface area contributed by atoms with E-state index in [0.717, 1.165) is 0 Å². The van der Waals surface area contributed by atoms with E-state index in [9.17, 15) is 4.79 Å². The van der Waals surface area contributed by atoms with Crippen LogP contribution in [-0.4, -0.2) is 24.2 Å². The molecule has 0 bridgehead atoms. The van der Waals surface area contributed by atoms with Crippen molar-refractivity contribution in [1.29, 1.82) is 0 Å². The summed E-state index contributed by atoms with van der Waals surface area (Å²) in [5.74, 6) is -0.195. The topological polar surface area (TPSA) is 50.9 Å². The summed E-state index contributed by atoms with van der Waals surface area (Å²) in [6.45, 7) is 6.10. The molecule has 0 aromatic heterocycles. The van der Waals surface area contributed by atoms with Crippen LogP contribution in [-0.2, 0) is 14.4 Å². The standard InChI is InChI=1S/C7H13NO3/c1-7(2,3)11-8-6(9)5-4-10-5/h5H,4H2,1-3H3,(H,8,9). The predicted molar refractivity (Wildman–Crippen MR) is 38.7 cm³/mol. The van der Waals surface area contributed by atoms with Crippen LogP contribution in [0.3, 0.4) is 0 Å². The lowest BCUT2D eigenvalue weighted by atomic mass is 10.2. The number of carbonyl (C=O) groups excluding carboxylic acids is 1. The van der Waals surface area contributed by atoms with Gasteiger partial charge in [0.05, 0.1) is 12.2 Å². The second kappa shape index (κ2) is 2.79. The normalized spacial score (nSPS) is 23.0. The SMILES string of the molecule is CC(C)(C)ONC(=O)C1CO1. The fourth-order valence-corrected chi connectivity index (χ4v) is 0.469. The van der Waals surface area contributed by atoms with E-state index in [4.69, 9.17) is 9.57 Å². The highest BCUT2D eigenvalue weighted by Crippen LogP contribution is 2.10. The molecule has 1 unspecified atom stereocenters. The molecule has 1 fully saturated rings. The van der Waals surface area contributed by atoms with Gasteiger partial charge in [0.1, 0.15) is 0 Å². The molecule has 0 aromatic rings. The minimum absolute atomic E-state index is 0.195. The predicted octanol–water partition coefficient (Wildman–Crippen LogP) is 0.231. The van der Waals surface area contributed by atoms with Gasteiger partial charge in [-0.2, -0.15) is 0 Å².